The maximum Gasteiger partial charge on any atom is 0.159 e. The molecule has 1 aliphatic heterocycles. The van der Waals surface area contributed by atoms with Crippen molar-refractivity contribution in [1.29, 1.82) is 0 Å². The Hall–Kier alpha value is -3.57. The van der Waals surface area contributed by atoms with Crippen LogP contribution in [-0.4, -0.2) is 37.0 Å². The molecule has 5 heteroatoms. The van der Waals surface area contributed by atoms with Gasteiger partial charge in [-0.25, -0.2) is 4.39 Å². The highest BCUT2D eigenvalue weighted by Gasteiger charge is 2.22. The molecular weight excluding hydrogens is 539 g/mol. The van der Waals surface area contributed by atoms with E-state index < -0.39 is 6.67 Å². The smallest absolute Gasteiger partial charge is 0.159 e. The molecular formula is C37H45FN2OS. The van der Waals surface area contributed by atoms with Crippen molar-refractivity contribution < 1.29 is 9.18 Å². The summed E-state index contributed by atoms with van der Waals surface area (Å²) in [5.74, 6) is 0.902. The molecule has 0 N–H and O–H groups in total. The fourth-order valence-electron chi connectivity index (χ4n) is 5.14. The Morgan fingerprint density at radius 3 is 2.40 bits per heavy atom. The van der Waals surface area contributed by atoms with Gasteiger partial charge in [0.25, 0.3) is 0 Å². The molecule has 222 valence electrons. The number of rotatable bonds is 13. The van der Waals surface area contributed by atoms with Crippen LogP contribution < -0.4 is 4.31 Å². The van der Waals surface area contributed by atoms with Crippen LogP contribution in [0.1, 0.15) is 61.5 Å². The van der Waals surface area contributed by atoms with Gasteiger partial charge in [0.15, 0.2) is 5.78 Å². The highest BCUT2D eigenvalue weighted by molar-refractivity contribution is 8.00. The molecule has 1 heterocycles. The standard InChI is InChI=1S/C23H23NOS.C14H22FN/c1-3-24(26-22-15-13-20(14-16-22)18(2)25)23-12-8-7-11-21(23)17-19-9-5-4-6-10-19;1-3-6-13-9-11-16(12-13)14(7-4-2)8-5-10-15/h4-16H,3,17H2,1-2H3;4-5,7-8,13H,2-3,6,9-12H2,1H3/b;8-5-,14-7+. The number of ketones is 1. The van der Waals surface area contributed by atoms with Crippen LogP contribution in [0, 0.1) is 5.92 Å². The zero-order chi connectivity index (χ0) is 30.2. The zero-order valence-electron chi connectivity index (χ0n) is 25.3. The molecule has 0 saturated carbocycles. The van der Waals surface area contributed by atoms with Crippen LogP contribution >= 0.6 is 11.9 Å². The Morgan fingerprint density at radius 2 is 1.76 bits per heavy atom. The summed E-state index contributed by atoms with van der Waals surface area (Å²) < 4.78 is 14.4. The highest BCUT2D eigenvalue weighted by Crippen LogP contribution is 2.32. The molecule has 4 rings (SSSR count). The van der Waals surface area contributed by atoms with Gasteiger partial charge in [0.2, 0.25) is 0 Å². The van der Waals surface area contributed by atoms with E-state index in [1.54, 1.807) is 31.0 Å². The third-order valence-electron chi connectivity index (χ3n) is 7.28. The number of hydrogen-bond acceptors (Lipinski definition) is 4. The van der Waals surface area contributed by atoms with Crippen LogP contribution in [0.15, 0.2) is 120 Å². The number of alkyl halides is 1. The monoisotopic (exact) mass is 584 g/mol. The van der Waals surface area contributed by atoms with Gasteiger partial charge in [-0.3, -0.25) is 4.79 Å². The van der Waals surface area contributed by atoms with Crippen molar-refractivity contribution in [2.24, 2.45) is 5.92 Å². The lowest BCUT2D eigenvalue weighted by Crippen LogP contribution is -2.19. The first-order chi connectivity index (χ1) is 20.5. The molecule has 0 bridgehead atoms. The maximum absolute atomic E-state index is 12.1. The van der Waals surface area contributed by atoms with E-state index in [0.717, 1.165) is 48.1 Å². The number of Topliss-reactive ketones (excluding diaryl/α,β-unsaturated/α-hetero) is 1. The van der Waals surface area contributed by atoms with Crippen molar-refractivity contribution in [3.8, 4) is 0 Å². The van der Waals surface area contributed by atoms with Gasteiger partial charge in [0.05, 0.1) is 5.69 Å². The number of benzene rings is 3. The molecule has 3 aromatic rings. The number of carbonyl (C=O) groups excluding carboxylic acids is 1. The van der Waals surface area contributed by atoms with Gasteiger partial charge < -0.3 is 9.21 Å². The second-order valence-corrected chi connectivity index (χ2v) is 11.5. The first-order valence-corrected chi connectivity index (χ1v) is 15.7. The first-order valence-electron chi connectivity index (χ1n) is 15.0. The maximum atomic E-state index is 12.1. The van der Waals surface area contributed by atoms with Crippen LogP contribution in [0.2, 0.25) is 0 Å². The van der Waals surface area contributed by atoms with Crippen LogP contribution in [0.3, 0.4) is 0 Å². The minimum Gasteiger partial charge on any atom is -0.371 e. The van der Waals surface area contributed by atoms with Gasteiger partial charge >= 0.3 is 0 Å². The lowest BCUT2D eigenvalue weighted by Gasteiger charge is -2.24. The number of anilines is 1. The molecule has 1 unspecified atom stereocenters. The molecule has 3 aromatic carbocycles. The van der Waals surface area contributed by atoms with E-state index in [0.29, 0.717) is 0 Å². The van der Waals surface area contributed by atoms with Gasteiger partial charge in [0.1, 0.15) is 6.67 Å². The quantitative estimate of drug-likeness (QED) is 0.113. The third-order valence-corrected chi connectivity index (χ3v) is 8.43. The van der Waals surface area contributed by atoms with E-state index >= 15 is 0 Å². The molecule has 1 aliphatic rings. The van der Waals surface area contributed by atoms with Crippen molar-refractivity contribution in [2.45, 2.75) is 51.3 Å². The average molecular weight is 585 g/mol. The Balaban J connectivity index is 0.000000260. The van der Waals surface area contributed by atoms with Gasteiger partial charge in [-0.2, -0.15) is 0 Å². The number of hydrogen-bond donors (Lipinski definition) is 0. The molecule has 42 heavy (non-hydrogen) atoms. The SMILES string of the molecule is C=C/C=C(\C=C/CF)N1CCC(CCC)C1.CCN(Sc1ccc(C(C)=O)cc1)c1ccccc1Cc1ccccc1. The van der Waals surface area contributed by atoms with Crippen LogP contribution in [-0.2, 0) is 6.42 Å². The van der Waals surface area contributed by atoms with Gasteiger partial charge in [0, 0.05) is 35.8 Å². The summed E-state index contributed by atoms with van der Waals surface area (Å²) in [5.41, 5.74) is 5.70. The summed E-state index contributed by atoms with van der Waals surface area (Å²) in [6.45, 7) is 12.4. The fourth-order valence-corrected chi connectivity index (χ4v) is 6.06. The predicted molar refractivity (Wildman–Crippen MR) is 179 cm³/mol. The van der Waals surface area contributed by atoms with Gasteiger partial charge in [-0.1, -0.05) is 92.7 Å². The zero-order valence-corrected chi connectivity index (χ0v) is 26.2. The topological polar surface area (TPSA) is 23.6 Å². The van der Waals surface area contributed by atoms with Gasteiger partial charge in [-0.15, -0.1) is 0 Å². The van der Waals surface area contributed by atoms with Crippen LogP contribution in [0.5, 0.6) is 0 Å². The number of likely N-dealkylation sites (tertiary alicyclic amines) is 1. The molecule has 0 amide bonds. The molecule has 1 atom stereocenters. The Kier molecular flexibility index (Phi) is 14.2. The number of nitrogens with zero attached hydrogens (tertiary/aromatic N) is 2. The van der Waals surface area contributed by atoms with Crippen molar-refractivity contribution in [1.82, 2.24) is 4.90 Å². The second-order valence-electron chi connectivity index (χ2n) is 10.4. The van der Waals surface area contributed by atoms with E-state index in [4.69, 9.17) is 0 Å². The highest BCUT2D eigenvalue weighted by atomic mass is 32.2. The van der Waals surface area contributed by atoms with E-state index in [1.807, 2.05) is 42.5 Å². The lowest BCUT2D eigenvalue weighted by molar-refractivity contribution is 0.101. The summed E-state index contributed by atoms with van der Waals surface area (Å²) >= 11 is 1.71. The Bertz CT molecular complexity index is 1300. The first kappa shape index (κ1) is 32.9. The summed E-state index contributed by atoms with van der Waals surface area (Å²) in [6, 6.07) is 26.9. The minimum absolute atomic E-state index is 0.0992. The Labute approximate surface area is 257 Å². The molecule has 3 nitrogen and oxygen atoms in total. The van der Waals surface area contributed by atoms with Gasteiger partial charge in [-0.05, 0) is 92.5 Å². The third kappa shape index (κ3) is 10.4. The number of allylic oxidation sites excluding steroid dienone is 4. The number of halogens is 1. The largest absolute Gasteiger partial charge is 0.371 e. The van der Waals surface area contributed by atoms with Crippen LogP contribution in [0.4, 0.5) is 10.1 Å². The van der Waals surface area contributed by atoms with Crippen LogP contribution in [0.25, 0.3) is 0 Å². The van der Waals surface area contributed by atoms with Crippen molar-refractivity contribution in [2.75, 3.05) is 30.6 Å². The van der Waals surface area contributed by atoms with E-state index in [-0.39, 0.29) is 5.78 Å². The molecule has 0 aromatic heterocycles. The summed E-state index contributed by atoms with van der Waals surface area (Å²) in [6.07, 6.45) is 11.9. The van der Waals surface area contributed by atoms with Crippen molar-refractivity contribution in [3.05, 3.63) is 132 Å². The fraction of sp³-hybridized carbons (Fsp3) is 0.324. The molecule has 1 fully saturated rings. The Morgan fingerprint density at radius 1 is 1.05 bits per heavy atom. The van der Waals surface area contributed by atoms with Crippen molar-refractivity contribution >= 4 is 23.4 Å². The van der Waals surface area contributed by atoms with E-state index in [1.165, 1.54) is 36.1 Å². The molecule has 0 aliphatic carbocycles. The number of para-hydroxylation sites is 1. The van der Waals surface area contributed by atoms with Crippen molar-refractivity contribution in [3.63, 3.8) is 0 Å². The predicted octanol–water partition coefficient (Wildman–Crippen LogP) is 9.72. The number of carbonyl (C=O) groups is 1. The summed E-state index contributed by atoms with van der Waals surface area (Å²) in [4.78, 5) is 14.9. The van der Waals surface area contributed by atoms with E-state index in [2.05, 4.69) is 78.2 Å². The normalized spacial score (nSPS) is 14.9. The summed E-state index contributed by atoms with van der Waals surface area (Å²) in [7, 11) is 0. The lowest BCUT2D eigenvalue weighted by atomic mass is 10.0. The molecule has 0 radical (unpaired) electrons. The molecule has 1 saturated heterocycles. The second kappa shape index (κ2) is 18.1. The minimum atomic E-state index is -0.402. The average Bonchev–Trinajstić information content (AvgIpc) is 3.48. The van der Waals surface area contributed by atoms with E-state index in [9.17, 15) is 9.18 Å². The summed E-state index contributed by atoms with van der Waals surface area (Å²) in [5, 5.41) is 0. The molecule has 0 spiro atoms.